The Hall–Kier alpha value is -2.18. The van der Waals surface area contributed by atoms with Crippen molar-refractivity contribution in [1.29, 1.82) is 0 Å². The molecule has 2 N–H and O–H groups in total. The number of amides is 2. The first-order valence-corrected chi connectivity index (χ1v) is 6.77. The molecule has 1 saturated heterocycles. The van der Waals surface area contributed by atoms with E-state index in [-0.39, 0.29) is 5.69 Å². The summed E-state index contributed by atoms with van der Waals surface area (Å²) in [5, 5.41) is 11.1. The van der Waals surface area contributed by atoms with Crippen molar-refractivity contribution in [3.63, 3.8) is 0 Å². The number of likely N-dealkylation sites (tertiary alicyclic amines) is 1. The highest BCUT2D eigenvalue weighted by Crippen LogP contribution is 2.20. The summed E-state index contributed by atoms with van der Waals surface area (Å²) in [5.41, 5.74) is -1.01. The molecule has 0 spiro atoms. The Kier molecular flexibility index (Phi) is 4.72. The first-order chi connectivity index (χ1) is 9.99. The van der Waals surface area contributed by atoms with Gasteiger partial charge in [-0.2, -0.15) is 0 Å². The van der Waals surface area contributed by atoms with Crippen molar-refractivity contribution in [2.75, 3.05) is 18.4 Å². The molecular weight excluding hydrogens is 282 g/mol. The molecule has 0 saturated carbocycles. The van der Waals surface area contributed by atoms with Crippen molar-refractivity contribution in [2.45, 2.75) is 25.7 Å². The molecule has 5 nitrogen and oxygen atoms in total. The zero-order chi connectivity index (χ0) is 15.4. The Bertz CT molecular complexity index is 555. The van der Waals surface area contributed by atoms with Gasteiger partial charge in [0.2, 0.25) is 0 Å². The Morgan fingerprint density at radius 2 is 1.67 bits per heavy atom. The molecule has 0 radical (unpaired) electrons. The van der Waals surface area contributed by atoms with Crippen LogP contribution >= 0.6 is 0 Å². The zero-order valence-electron chi connectivity index (χ0n) is 11.4. The van der Waals surface area contributed by atoms with E-state index in [4.69, 9.17) is 5.11 Å². The topological polar surface area (TPSA) is 69.6 Å². The minimum Gasteiger partial charge on any atom is -0.478 e. The maximum absolute atomic E-state index is 13.6. The van der Waals surface area contributed by atoms with Crippen LogP contribution in [0.3, 0.4) is 0 Å². The molecule has 1 heterocycles. The number of anilines is 1. The third-order valence-corrected chi connectivity index (χ3v) is 3.42. The van der Waals surface area contributed by atoms with Crippen LogP contribution in [0, 0.1) is 11.6 Å². The van der Waals surface area contributed by atoms with Crippen LogP contribution < -0.4 is 5.32 Å². The van der Waals surface area contributed by atoms with Crippen molar-refractivity contribution in [1.82, 2.24) is 4.90 Å². The molecule has 21 heavy (non-hydrogen) atoms. The summed E-state index contributed by atoms with van der Waals surface area (Å²) < 4.78 is 26.9. The minimum atomic E-state index is -1.52. The number of hydrogen-bond donors (Lipinski definition) is 2. The fourth-order valence-electron chi connectivity index (χ4n) is 2.28. The summed E-state index contributed by atoms with van der Waals surface area (Å²) in [4.78, 5) is 24.4. The number of carboxylic acids is 1. The number of nitrogens with zero attached hydrogens (tertiary/aromatic N) is 1. The number of rotatable bonds is 2. The van der Waals surface area contributed by atoms with Crippen molar-refractivity contribution in [2.24, 2.45) is 0 Å². The van der Waals surface area contributed by atoms with Gasteiger partial charge in [-0.15, -0.1) is 0 Å². The van der Waals surface area contributed by atoms with Crippen LogP contribution in [0.2, 0.25) is 0 Å². The van der Waals surface area contributed by atoms with Gasteiger partial charge in [-0.05, 0) is 18.9 Å². The summed E-state index contributed by atoms with van der Waals surface area (Å²) in [6, 6.07) is 0.753. The summed E-state index contributed by atoms with van der Waals surface area (Å²) in [5.74, 6) is -3.69. The highest BCUT2D eigenvalue weighted by Gasteiger charge is 2.20. The first kappa shape index (κ1) is 15.2. The van der Waals surface area contributed by atoms with Gasteiger partial charge in [-0.1, -0.05) is 12.8 Å². The van der Waals surface area contributed by atoms with E-state index in [1.807, 2.05) is 0 Å². The van der Waals surface area contributed by atoms with Crippen LogP contribution in [0.4, 0.5) is 19.3 Å². The molecule has 0 unspecified atom stereocenters. The molecule has 1 aliphatic heterocycles. The number of carboxylic acid groups (broad SMARTS) is 1. The largest absolute Gasteiger partial charge is 0.478 e. The SMILES string of the molecule is O=C(O)c1cc(NC(=O)N2CCCCCC2)c(F)cc1F. The summed E-state index contributed by atoms with van der Waals surface area (Å²) in [6.45, 7) is 1.14. The van der Waals surface area contributed by atoms with Crippen molar-refractivity contribution >= 4 is 17.7 Å². The number of benzene rings is 1. The summed E-state index contributed by atoms with van der Waals surface area (Å²) in [7, 11) is 0. The van der Waals surface area contributed by atoms with Crippen LogP contribution in [0.25, 0.3) is 0 Å². The smallest absolute Gasteiger partial charge is 0.338 e. The number of carbonyl (C=O) groups is 2. The van der Waals surface area contributed by atoms with E-state index in [0.29, 0.717) is 19.2 Å². The molecule has 1 aromatic carbocycles. The molecule has 7 heteroatoms. The average molecular weight is 298 g/mol. The predicted octanol–water partition coefficient (Wildman–Crippen LogP) is 3.07. The van der Waals surface area contributed by atoms with Crippen LogP contribution in [-0.4, -0.2) is 35.1 Å². The molecule has 0 aliphatic carbocycles. The molecule has 1 fully saturated rings. The number of urea groups is 1. The van der Waals surface area contributed by atoms with Gasteiger partial charge in [0.05, 0.1) is 11.3 Å². The van der Waals surface area contributed by atoms with Gasteiger partial charge >= 0.3 is 12.0 Å². The number of nitrogens with one attached hydrogen (secondary N) is 1. The van der Waals surface area contributed by atoms with Crippen molar-refractivity contribution in [3.8, 4) is 0 Å². The van der Waals surface area contributed by atoms with Gasteiger partial charge in [0, 0.05) is 19.2 Å². The number of aromatic carboxylic acids is 1. The second-order valence-corrected chi connectivity index (χ2v) is 4.95. The second-order valence-electron chi connectivity index (χ2n) is 4.95. The van der Waals surface area contributed by atoms with E-state index in [2.05, 4.69) is 5.32 Å². The molecule has 0 aromatic heterocycles. The van der Waals surface area contributed by atoms with E-state index in [1.54, 1.807) is 4.90 Å². The van der Waals surface area contributed by atoms with Crippen molar-refractivity contribution < 1.29 is 23.5 Å². The van der Waals surface area contributed by atoms with Crippen LogP contribution in [0.5, 0.6) is 0 Å². The minimum absolute atomic E-state index is 0.331. The fourth-order valence-corrected chi connectivity index (χ4v) is 2.28. The monoisotopic (exact) mass is 298 g/mol. The molecule has 114 valence electrons. The van der Waals surface area contributed by atoms with E-state index < -0.39 is 29.2 Å². The highest BCUT2D eigenvalue weighted by molar-refractivity contribution is 5.93. The predicted molar refractivity (Wildman–Crippen MR) is 72.4 cm³/mol. The lowest BCUT2D eigenvalue weighted by atomic mass is 10.2. The summed E-state index contributed by atoms with van der Waals surface area (Å²) in [6.07, 6.45) is 3.83. The van der Waals surface area contributed by atoms with Gasteiger partial charge in [-0.3, -0.25) is 0 Å². The first-order valence-electron chi connectivity index (χ1n) is 6.77. The van der Waals surface area contributed by atoms with Crippen LogP contribution in [0.1, 0.15) is 36.0 Å². The van der Waals surface area contributed by atoms with Gasteiger partial charge in [0.1, 0.15) is 11.6 Å². The molecule has 2 rings (SSSR count). The normalized spacial score (nSPS) is 15.4. The second kappa shape index (κ2) is 6.51. The van der Waals surface area contributed by atoms with Gasteiger partial charge in [0.15, 0.2) is 0 Å². The van der Waals surface area contributed by atoms with E-state index in [9.17, 15) is 18.4 Å². The number of carbonyl (C=O) groups excluding carboxylic acids is 1. The van der Waals surface area contributed by atoms with Gasteiger partial charge < -0.3 is 15.3 Å². The third kappa shape index (κ3) is 3.68. The average Bonchev–Trinajstić information content (AvgIpc) is 2.70. The Morgan fingerprint density at radius 1 is 1.05 bits per heavy atom. The number of halogens is 2. The maximum atomic E-state index is 13.6. The van der Waals surface area contributed by atoms with Crippen LogP contribution in [0.15, 0.2) is 12.1 Å². The van der Waals surface area contributed by atoms with E-state index >= 15 is 0 Å². The molecular formula is C14H16F2N2O3. The molecule has 0 bridgehead atoms. The Morgan fingerprint density at radius 3 is 2.24 bits per heavy atom. The fraction of sp³-hybridized carbons (Fsp3) is 0.429. The number of hydrogen-bond acceptors (Lipinski definition) is 2. The Labute approximate surface area is 120 Å². The van der Waals surface area contributed by atoms with Crippen molar-refractivity contribution in [3.05, 3.63) is 29.3 Å². The quantitative estimate of drug-likeness (QED) is 0.881. The molecule has 1 aliphatic rings. The lowest BCUT2D eigenvalue weighted by Gasteiger charge is -2.21. The van der Waals surface area contributed by atoms with E-state index in [0.717, 1.165) is 31.7 Å². The van der Waals surface area contributed by atoms with Gasteiger partial charge in [0.25, 0.3) is 0 Å². The lowest BCUT2D eigenvalue weighted by molar-refractivity contribution is 0.0691. The molecule has 1 aromatic rings. The maximum Gasteiger partial charge on any atom is 0.338 e. The van der Waals surface area contributed by atoms with Gasteiger partial charge in [-0.25, -0.2) is 18.4 Å². The van der Waals surface area contributed by atoms with Crippen LogP contribution in [-0.2, 0) is 0 Å². The lowest BCUT2D eigenvalue weighted by Crippen LogP contribution is -2.35. The highest BCUT2D eigenvalue weighted by atomic mass is 19.1. The summed E-state index contributed by atoms with van der Waals surface area (Å²) >= 11 is 0. The third-order valence-electron chi connectivity index (χ3n) is 3.42. The molecule has 0 atom stereocenters. The Balaban J connectivity index is 2.16. The zero-order valence-corrected chi connectivity index (χ0v) is 11.4. The molecule has 2 amide bonds. The standard InChI is InChI=1S/C14H16F2N2O3/c15-10-8-11(16)12(7-9(10)13(19)20)17-14(21)18-5-3-1-2-4-6-18/h7-8H,1-6H2,(H,17,21)(H,19,20). The van der Waals surface area contributed by atoms with E-state index in [1.165, 1.54) is 0 Å².